The van der Waals surface area contributed by atoms with Gasteiger partial charge >= 0.3 is 6.09 Å². The van der Waals surface area contributed by atoms with E-state index in [-0.39, 0.29) is 18.5 Å². The summed E-state index contributed by atoms with van der Waals surface area (Å²) in [6.45, 7) is 12.4. The van der Waals surface area contributed by atoms with E-state index in [0.29, 0.717) is 74.9 Å². The highest BCUT2D eigenvalue weighted by Crippen LogP contribution is 2.37. The van der Waals surface area contributed by atoms with Crippen LogP contribution in [0.25, 0.3) is 22.3 Å². The van der Waals surface area contributed by atoms with Crippen LogP contribution in [0, 0.1) is 5.82 Å². The van der Waals surface area contributed by atoms with Gasteiger partial charge in [0.25, 0.3) is 0 Å². The Morgan fingerprint density at radius 3 is 2.57 bits per heavy atom. The lowest BCUT2D eigenvalue weighted by Crippen LogP contribution is -2.36. The highest BCUT2D eigenvalue weighted by atomic mass is 32.2. The van der Waals surface area contributed by atoms with Crippen molar-refractivity contribution in [3.63, 3.8) is 0 Å². The second kappa shape index (κ2) is 16.6. The first-order valence-corrected chi connectivity index (χ1v) is 23.3. The first kappa shape index (κ1) is 39.4. The van der Waals surface area contributed by atoms with Gasteiger partial charge in [0, 0.05) is 59.1 Å². The zero-order valence-electron chi connectivity index (χ0n) is 31.5. The van der Waals surface area contributed by atoms with Gasteiger partial charge in [0.2, 0.25) is 10.0 Å². The van der Waals surface area contributed by atoms with Crippen molar-refractivity contribution in [1.29, 1.82) is 0 Å². The number of carbonyl (C=O) groups is 1. The van der Waals surface area contributed by atoms with Gasteiger partial charge in [0.15, 0.2) is 0 Å². The maximum absolute atomic E-state index is 16.4. The van der Waals surface area contributed by atoms with Crippen molar-refractivity contribution in [1.82, 2.24) is 14.5 Å². The molecule has 0 bridgehead atoms. The first-order chi connectivity index (χ1) is 25.8. The van der Waals surface area contributed by atoms with Crippen molar-refractivity contribution in [3.8, 4) is 11.3 Å². The summed E-state index contributed by atoms with van der Waals surface area (Å²) in [6.07, 6.45) is 0.959. The molecule has 14 nitrogen and oxygen atoms in total. The standard InChI is InChI=1S/C37H50FN7O7SSi/c1-26(27-7-6-8-29(19-27)43-12-11-30(22-43)52-37(39)46)53(47,48)45(25-49-2)33-10-9-28(20-32(33)38)34-21-31-35(42-13-15-50-16-14-42)40-23-41-36(31)44(34)24-51-17-18-54(3,4)5/h6-10,19-21,23,26,30H,11-18,22,24-25H2,1-5H3,(H2,39,46)/t26?,30-/m1/s1. The number of methoxy groups -OCH3 is 1. The van der Waals surface area contributed by atoms with E-state index in [1.165, 1.54) is 25.6 Å². The number of benzene rings is 2. The van der Waals surface area contributed by atoms with Gasteiger partial charge in [0.05, 0.1) is 36.5 Å². The van der Waals surface area contributed by atoms with Gasteiger partial charge < -0.3 is 39.0 Å². The zero-order chi connectivity index (χ0) is 38.6. The molecule has 4 aromatic rings. The van der Waals surface area contributed by atoms with Crippen LogP contribution in [0.4, 0.5) is 26.4 Å². The molecule has 2 N–H and O–H groups in total. The maximum atomic E-state index is 16.4. The van der Waals surface area contributed by atoms with E-state index >= 15 is 4.39 Å². The van der Waals surface area contributed by atoms with Crippen molar-refractivity contribution in [2.24, 2.45) is 5.73 Å². The molecule has 1 unspecified atom stereocenters. The van der Waals surface area contributed by atoms with Crippen molar-refractivity contribution < 1.29 is 36.6 Å². The SMILES string of the molecule is COCN(c1ccc(-c2cc3c(N4CCOCC4)ncnc3n2COCC[Si](C)(C)C)cc1F)S(=O)(=O)C(C)c1cccc(N2CC[C@@H](OC(N)=O)C2)c1. The van der Waals surface area contributed by atoms with E-state index in [1.807, 2.05) is 21.6 Å². The first-order valence-electron chi connectivity index (χ1n) is 18.1. The van der Waals surface area contributed by atoms with Gasteiger partial charge in [-0.25, -0.2) is 31.9 Å². The number of carbonyl (C=O) groups excluding carboxylic acids is 1. The summed E-state index contributed by atoms with van der Waals surface area (Å²) in [4.78, 5) is 24.7. The van der Waals surface area contributed by atoms with Crippen LogP contribution in [0.2, 0.25) is 25.7 Å². The molecule has 0 spiro atoms. The molecule has 0 aliphatic carbocycles. The molecule has 2 aliphatic rings. The number of morpholine rings is 1. The number of sulfonamides is 1. The quantitative estimate of drug-likeness (QED) is 0.0916. The number of rotatable bonds is 15. The van der Waals surface area contributed by atoms with Crippen molar-refractivity contribution >= 4 is 52.4 Å². The number of anilines is 3. The normalized spacial score (nSPS) is 17.3. The van der Waals surface area contributed by atoms with E-state index in [1.54, 1.807) is 31.2 Å². The Balaban J connectivity index is 1.31. The van der Waals surface area contributed by atoms with Crippen molar-refractivity contribution in [2.75, 3.05) is 73.9 Å². The minimum Gasteiger partial charge on any atom is -0.444 e. The third kappa shape index (κ3) is 8.81. The monoisotopic (exact) mass is 783 g/mol. The number of primary amides is 1. The Bertz CT molecular complexity index is 2060. The molecule has 292 valence electrons. The second-order valence-corrected chi connectivity index (χ2v) is 22.6. The smallest absolute Gasteiger partial charge is 0.404 e. The molecule has 4 heterocycles. The van der Waals surface area contributed by atoms with Crippen LogP contribution in [0.15, 0.2) is 54.9 Å². The number of hydrogen-bond donors (Lipinski definition) is 1. The Hall–Kier alpha value is -4.29. The lowest BCUT2D eigenvalue weighted by atomic mass is 10.1. The van der Waals surface area contributed by atoms with Crippen LogP contribution in [0.5, 0.6) is 0 Å². The number of halogens is 1. The summed E-state index contributed by atoms with van der Waals surface area (Å²) < 4.78 is 70.0. The Labute approximate surface area is 317 Å². The van der Waals surface area contributed by atoms with Crippen LogP contribution >= 0.6 is 0 Å². The predicted molar refractivity (Wildman–Crippen MR) is 209 cm³/mol. The highest BCUT2D eigenvalue weighted by Gasteiger charge is 2.33. The molecule has 54 heavy (non-hydrogen) atoms. The Kier molecular flexibility index (Phi) is 12.1. The van der Waals surface area contributed by atoms with Crippen LogP contribution < -0.4 is 19.8 Å². The van der Waals surface area contributed by atoms with Gasteiger partial charge in [-0.05, 0) is 48.9 Å². The molecule has 6 rings (SSSR count). The molecular formula is C37H50FN7O7SSi. The third-order valence-corrected chi connectivity index (χ3v) is 13.6. The summed E-state index contributed by atoms with van der Waals surface area (Å²) in [5, 5.41) is -0.253. The van der Waals surface area contributed by atoms with Gasteiger partial charge in [-0.1, -0.05) is 37.8 Å². The minimum atomic E-state index is -4.20. The number of fused-ring (bicyclic) bond motifs is 1. The summed E-state index contributed by atoms with van der Waals surface area (Å²) in [5.74, 6) is 0.0315. The van der Waals surface area contributed by atoms with Crippen molar-refractivity contribution in [2.45, 2.75) is 57.1 Å². The molecule has 2 aliphatic heterocycles. The molecule has 2 atom stereocenters. The highest BCUT2D eigenvalue weighted by molar-refractivity contribution is 7.93. The van der Waals surface area contributed by atoms with E-state index in [9.17, 15) is 13.2 Å². The molecule has 0 radical (unpaired) electrons. The summed E-state index contributed by atoms with van der Waals surface area (Å²) in [6, 6.07) is 14.6. The largest absolute Gasteiger partial charge is 0.444 e. The minimum absolute atomic E-state index is 0.141. The topological polar surface area (TPSA) is 155 Å². The lowest BCUT2D eigenvalue weighted by molar-refractivity contribution is 0.0909. The fourth-order valence-corrected chi connectivity index (χ4v) is 9.11. The average Bonchev–Trinajstić information content (AvgIpc) is 3.76. The number of nitrogens with two attached hydrogens (primary N) is 1. The molecule has 2 aromatic heterocycles. The van der Waals surface area contributed by atoms with Gasteiger partial charge in [-0.2, -0.15) is 0 Å². The van der Waals surface area contributed by atoms with Crippen LogP contribution in [-0.4, -0.2) is 103 Å². The number of ether oxygens (including phenoxy) is 4. The van der Waals surface area contributed by atoms with Gasteiger partial charge in [0.1, 0.15) is 48.4 Å². The van der Waals surface area contributed by atoms with Crippen molar-refractivity contribution in [3.05, 3.63) is 66.2 Å². The molecule has 2 fully saturated rings. The number of nitrogens with zero attached hydrogens (tertiary/aromatic N) is 6. The van der Waals surface area contributed by atoms with Gasteiger partial charge in [-0.3, -0.25) is 0 Å². The fraction of sp³-hybridized carbons (Fsp3) is 0.486. The molecule has 1 amide bonds. The van der Waals surface area contributed by atoms with E-state index < -0.39 is 42.0 Å². The van der Waals surface area contributed by atoms with Crippen LogP contribution in [-0.2, 0) is 35.7 Å². The molecule has 17 heteroatoms. The number of aromatic nitrogens is 3. The van der Waals surface area contributed by atoms with E-state index in [4.69, 9.17) is 24.7 Å². The predicted octanol–water partition coefficient (Wildman–Crippen LogP) is 5.56. The van der Waals surface area contributed by atoms with Gasteiger partial charge in [-0.15, -0.1) is 0 Å². The Morgan fingerprint density at radius 1 is 1.09 bits per heavy atom. The molecular weight excluding hydrogens is 734 g/mol. The van der Waals surface area contributed by atoms with Crippen LogP contribution in [0.3, 0.4) is 0 Å². The molecule has 2 aromatic carbocycles. The molecule has 0 saturated carbocycles. The number of amides is 1. The molecule has 2 saturated heterocycles. The third-order valence-electron chi connectivity index (χ3n) is 9.84. The number of hydrogen-bond acceptors (Lipinski definition) is 11. The maximum Gasteiger partial charge on any atom is 0.404 e. The van der Waals surface area contributed by atoms with Crippen LogP contribution in [0.1, 0.15) is 24.2 Å². The fourth-order valence-electron chi connectivity index (χ4n) is 6.81. The summed E-state index contributed by atoms with van der Waals surface area (Å²) in [5.41, 5.74) is 8.20. The Morgan fingerprint density at radius 2 is 1.87 bits per heavy atom. The summed E-state index contributed by atoms with van der Waals surface area (Å²) in [7, 11) is -4.18. The lowest BCUT2D eigenvalue weighted by Gasteiger charge is -2.28. The second-order valence-electron chi connectivity index (χ2n) is 14.8. The summed E-state index contributed by atoms with van der Waals surface area (Å²) >= 11 is 0. The van der Waals surface area contributed by atoms with E-state index in [0.717, 1.165) is 27.2 Å². The zero-order valence-corrected chi connectivity index (χ0v) is 33.4. The van der Waals surface area contributed by atoms with E-state index in [2.05, 4.69) is 34.5 Å². The average molecular weight is 784 g/mol.